The van der Waals surface area contributed by atoms with Gasteiger partial charge in [0.05, 0.1) is 17.6 Å². The van der Waals surface area contributed by atoms with Gasteiger partial charge in [0.15, 0.2) is 6.35 Å². The number of likely N-dealkylation sites (N-methyl/N-ethyl adjacent to an activating group) is 1. The second-order valence-corrected chi connectivity index (χ2v) is 10.0. The van der Waals surface area contributed by atoms with Gasteiger partial charge in [-0.1, -0.05) is 30.7 Å². The van der Waals surface area contributed by atoms with E-state index in [-0.39, 0.29) is 11.1 Å². The van der Waals surface area contributed by atoms with Crippen LogP contribution in [0.25, 0.3) is 11.3 Å². The number of aliphatic hydroxyl groups is 1. The molecular formula is C28H39N5O. The Bertz CT molecular complexity index is 1040. The molecule has 34 heavy (non-hydrogen) atoms. The van der Waals surface area contributed by atoms with Crippen LogP contribution in [0.5, 0.6) is 0 Å². The van der Waals surface area contributed by atoms with Gasteiger partial charge in [-0.05, 0) is 83.8 Å². The summed E-state index contributed by atoms with van der Waals surface area (Å²) in [6, 6.07) is 6.04. The Hall–Kier alpha value is -2.54. The van der Waals surface area contributed by atoms with Gasteiger partial charge < -0.3 is 10.0 Å². The summed E-state index contributed by atoms with van der Waals surface area (Å²) in [5, 5.41) is 14.6. The zero-order chi connectivity index (χ0) is 24.3. The van der Waals surface area contributed by atoms with Crippen molar-refractivity contribution in [2.75, 3.05) is 25.5 Å². The maximum absolute atomic E-state index is 11.0. The number of allylic oxidation sites excluding steroid dienone is 3. The summed E-state index contributed by atoms with van der Waals surface area (Å²) in [5.41, 5.74) is 5.55. The van der Waals surface area contributed by atoms with Gasteiger partial charge in [-0.15, -0.1) is 0 Å². The minimum atomic E-state index is -0.705. The predicted molar refractivity (Wildman–Crippen MR) is 139 cm³/mol. The third-order valence-electron chi connectivity index (χ3n) is 7.93. The van der Waals surface area contributed by atoms with Crippen LogP contribution in [0.1, 0.15) is 51.5 Å². The van der Waals surface area contributed by atoms with Crippen molar-refractivity contribution >= 4 is 5.69 Å². The van der Waals surface area contributed by atoms with E-state index in [0.29, 0.717) is 0 Å². The summed E-state index contributed by atoms with van der Waals surface area (Å²) in [7, 11) is 4.42. The van der Waals surface area contributed by atoms with E-state index in [1.165, 1.54) is 5.57 Å². The molecule has 6 nitrogen and oxygen atoms in total. The zero-order valence-electron chi connectivity index (χ0n) is 21.3. The molecule has 3 heterocycles. The van der Waals surface area contributed by atoms with Gasteiger partial charge in [0.25, 0.3) is 0 Å². The molecule has 1 saturated heterocycles. The third-order valence-corrected chi connectivity index (χ3v) is 7.93. The fourth-order valence-corrected chi connectivity index (χ4v) is 5.87. The molecule has 2 aromatic rings. The van der Waals surface area contributed by atoms with Gasteiger partial charge >= 0.3 is 0 Å². The molecule has 2 N–H and O–H groups in total. The monoisotopic (exact) mass is 461 g/mol. The number of nitrogens with zero attached hydrogens (tertiary/aromatic N) is 4. The molecule has 182 valence electrons. The number of hydrogen-bond acceptors (Lipinski definition) is 6. The van der Waals surface area contributed by atoms with Crippen LogP contribution in [0.15, 0.2) is 60.6 Å². The normalized spacial score (nSPS) is 27.9. The van der Waals surface area contributed by atoms with Crippen molar-refractivity contribution in [2.45, 2.75) is 70.3 Å². The van der Waals surface area contributed by atoms with Gasteiger partial charge in [0.1, 0.15) is 0 Å². The van der Waals surface area contributed by atoms with E-state index in [9.17, 15) is 5.11 Å². The minimum Gasteiger partial charge on any atom is -0.361 e. The summed E-state index contributed by atoms with van der Waals surface area (Å²) >= 11 is 0. The lowest BCUT2D eigenvalue weighted by atomic mass is 9.68. The van der Waals surface area contributed by atoms with Crippen molar-refractivity contribution in [1.82, 2.24) is 20.2 Å². The van der Waals surface area contributed by atoms with Gasteiger partial charge in [0, 0.05) is 35.6 Å². The second kappa shape index (κ2) is 9.98. The lowest BCUT2D eigenvalue weighted by molar-refractivity contribution is 0.0748. The van der Waals surface area contributed by atoms with Crippen LogP contribution in [0.3, 0.4) is 0 Å². The molecule has 0 amide bonds. The molecule has 0 radical (unpaired) electrons. The number of rotatable bonds is 6. The van der Waals surface area contributed by atoms with Crippen molar-refractivity contribution in [3.05, 3.63) is 66.2 Å². The fourth-order valence-electron chi connectivity index (χ4n) is 5.87. The zero-order valence-corrected chi connectivity index (χ0v) is 21.3. The first kappa shape index (κ1) is 24.6. The second-order valence-electron chi connectivity index (χ2n) is 10.0. The molecule has 2 aliphatic rings. The summed E-state index contributed by atoms with van der Waals surface area (Å²) < 4.78 is 0. The van der Waals surface area contributed by atoms with Gasteiger partial charge in [0.2, 0.25) is 0 Å². The Kier molecular flexibility index (Phi) is 7.22. The molecule has 1 unspecified atom stereocenters. The van der Waals surface area contributed by atoms with E-state index >= 15 is 0 Å². The predicted octanol–water partition coefficient (Wildman–Crippen LogP) is 4.66. The number of hydrogen-bond donors (Lipinski definition) is 2. The molecule has 1 spiro atoms. The summed E-state index contributed by atoms with van der Waals surface area (Å²) in [6.07, 6.45) is 16.6. The molecule has 4 rings (SSSR count). The van der Waals surface area contributed by atoms with Crippen LogP contribution >= 0.6 is 0 Å². The smallest absolute Gasteiger partial charge is 0.184 e. The van der Waals surface area contributed by atoms with Crippen LogP contribution in [0, 0.1) is 6.92 Å². The number of aromatic nitrogens is 2. The first-order valence-electron chi connectivity index (χ1n) is 12.4. The quantitative estimate of drug-likeness (QED) is 0.610. The fraction of sp³-hybridized carbons (Fsp3) is 0.500. The molecule has 2 aromatic heterocycles. The molecule has 6 heteroatoms. The molecule has 0 bridgehead atoms. The molecular weight excluding hydrogens is 422 g/mol. The van der Waals surface area contributed by atoms with Crippen LogP contribution in [-0.2, 0) is 0 Å². The highest BCUT2D eigenvalue weighted by Crippen LogP contribution is 2.46. The highest BCUT2D eigenvalue weighted by Gasteiger charge is 2.50. The molecule has 0 aromatic carbocycles. The van der Waals surface area contributed by atoms with Crippen molar-refractivity contribution in [1.29, 1.82) is 0 Å². The van der Waals surface area contributed by atoms with Crippen LogP contribution in [-0.4, -0.2) is 58.0 Å². The maximum Gasteiger partial charge on any atom is 0.184 e. The standard InChI is InChI=1S/C28H39N5O/c1-6-8-9-23(7-2)28(32(4)5)14-12-27(13-15-28)20-33(26(34)31-27)25-19-30-24(18-21(25)3)22-10-16-29-17-11-22/h6,8-11,16-19,26,31,34H,7,12-15,20H2,1-5H3/b8-6-,23-9+/t26?,27-,28+. The van der Waals surface area contributed by atoms with Gasteiger partial charge in [-0.25, -0.2) is 0 Å². The van der Waals surface area contributed by atoms with Crippen LogP contribution in [0.4, 0.5) is 5.69 Å². The molecule has 1 atom stereocenters. The number of nitrogens with one attached hydrogen (secondary N) is 1. The van der Waals surface area contributed by atoms with Crippen molar-refractivity contribution in [3.63, 3.8) is 0 Å². The van der Waals surface area contributed by atoms with E-state index < -0.39 is 6.35 Å². The first-order chi connectivity index (χ1) is 16.3. The third kappa shape index (κ3) is 4.54. The summed E-state index contributed by atoms with van der Waals surface area (Å²) in [5.74, 6) is 0. The van der Waals surface area contributed by atoms with Gasteiger partial charge in [-0.2, -0.15) is 0 Å². The Labute approximate surface area is 204 Å². The first-order valence-corrected chi connectivity index (χ1v) is 12.4. The lowest BCUT2D eigenvalue weighted by Gasteiger charge is -2.50. The van der Waals surface area contributed by atoms with Gasteiger partial charge in [-0.3, -0.25) is 20.2 Å². The van der Waals surface area contributed by atoms with E-state index in [4.69, 9.17) is 4.98 Å². The van der Waals surface area contributed by atoms with E-state index in [1.54, 1.807) is 12.4 Å². The molecule has 1 aliphatic heterocycles. The lowest BCUT2D eigenvalue weighted by Crippen LogP contribution is -2.56. The molecule has 1 aliphatic carbocycles. The number of aliphatic hydroxyl groups excluding tert-OH is 1. The maximum atomic E-state index is 11.0. The average molecular weight is 462 g/mol. The summed E-state index contributed by atoms with van der Waals surface area (Å²) in [4.78, 5) is 13.3. The van der Waals surface area contributed by atoms with Crippen LogP contribution in [0.2, 0.25) is 0 Å². The Morgan fingerprint density at radius 1 is 1.24 bits per heavy atom. The highest BCUT2D eigenvalue weighted by molar-refractivity contribution is 5.64. The van der Waals surface area contributed by atoms with E-state index in [1.807, 2.05) is 18.3 Å². The SMILES string of the molecule is C/C=C\C=C(/CC)[C@]1(N(C)C)CC[C@@]2(CC1)CN(c1cnc(-c3ccncc3)cc1C)C(O)N2. The number of anilines is 1. The minimum absolute atomic E-state index is 0.0726. The Morgan fingerprint density at radius 2 is 1.94 bits per heavy atom. The van der Waals surface area contributed by atoms with E-state index in [0.717, 1.165) is 61.2 Å². The van der Waals surface area contributed by atoms with Crippen molar-refractivity contribution < 1.29 is 5.11 Å². The van der Waals surface area contributed by atoms with Crippen molar-refractivity contribution in [2.24, 2.45) is 0 Å². The average Bonchev–Trinajstić information content (AvgIpc) is 3.16. The Morgan fingerprint density at radius 3 is 2.53 bits per heavy atom. The number of pyridine rings is 2. The topological polar surface area (TPSA) is 64.5 Å². The van der Waals surface area contributed by atoms with E-state index in [2.05, 4.69) is 79.3 Å². The largest absolute Gasteiger partial charge is 0.361 e. The highest BCUT2D eigenvalue weighted by atomic mass is 16.3. The number of aryl methyl sites for hydroxylation is 1. The van der Waals surface area contributed by atoms with Crippen molar-refractivity contribution in [3.8, 4) is 11.3 Å². The van der Waals surface area contributed by atoms with Crippen LogP contribution < -0.4 is 10.2 Å². The molecule has 1 saturated carbocycles. The summed E-state index contributed by atoms with van der Waals surface area (Å²) in [6.45, 7) is 7.21. The Balaban J connectivity index is 1.53. The molecule has 2 fully saturated rings.